The van der Waals surface area contributed by atoms with Crippen LogP contribution in [0.3, 0.4) is 0 Å². The van der Waals surface area contributed by atoms with Crippen molar-refractivity contribution in [3.8, 4) is 0 Å². The molecule has 4 bridgehead atoms. The third-order valence-electron chi connectivity index (χ3n) is 6.51. The number of hydrogen-bond acceptors (Lipinski definition) is 5. The Morgan fingerprint density at radius 3 is 2.48 bits per heavy atom. The van der Waals surface area contributed by atoms with Crippen LogP contribution in [0.1, 0.15) is 38.5 Å². The molecule has 0 spiro atoms. The number of aromatic nitrogens is 3. The first-order valence-electron chi connectivity index (χ1n) is 9.83. The first-order chi connectivity index (χ1) is 13.1. The van der Waals surface area contributed by atoms with Crippen LogP contribution in [0.25, 0.3) is 11.0 Å². The highest BCUT2D eigenvalue weighted by atomic mass is 16.5. The smallest absolute Gasteiger partial charge is 0.328 e. The van der Waals surface area contributed by atoms with E-state index in [0.717, 1.165) is 48.0 Å². The van der Waals surface area contributed by atoms with Gasteiger partial charge in [-0.3, -0.25) is 9.59 Å². The molecule has 4 aliphatic rings. The number of esters is 1. The van der Waals surface area contributed by atoms with Gasteiger partial charge in [-0.1, -0.05) is 17.3 Å². The number of carbonyl (C=O) groups excluding carboxylic acids is 2. The van der Waals surface area contributed by atoms with Gasteiger partial charge in [0.1, 0.15) is 12.1 Å². The Labute approximate surface area is 157 Å². The second-order valence-electron chi connectivity index (χ2n) is 8.64. The first-order valence-corrected chi connectivity index (χ1v) is 9.83. The summed E-state index contributed by atoms with van der Waals surface area (Å²) in [7, 11) is 0. The third-order valence-corrected chi connectivity index (χ3v) is 6.51. The van der Waals surface area contributed by atoms with Gasteiger partial charge in [-0.2, -0.15) is 0 Å². The van der Waals surface area contributed by atoms with Crippen LogP contribution in [0, 0.1) is 17.8 Å². The maximum atomic E-state index is 12.4. The molecule has 7 nitrogen and oxygen atoms in total. The Balaban J connectivity index is 1.16. The molecule has 0 radical (unpaired) electrons. The molecule has 6 rings (SSSR count). The second-order valence-corrected chi connectivity index (χ2v) is 8.64. The number of para-hydroxylation sites is 1. The van der Waals surface area contributed by atoms with Crippen LogP contribution in [-0.2, 0) is 20.9 Å². The third kappa shape index (κ3) is 3.19. The fraction of sp³-hybridized carbons (Fsp3) is 0.600. The second kappa shape index (κ2) is 6.32. The minimum absolute atomic E-state index is 0.0504. The van der Waals surface area contributed by atoms with Gasteiger partial charge < -0.3 is 10.1 Å². The SMILES string of the molecule is O=C(COC(=O)Cn1nnc2ccccc21)NC12CC3CC(CC(C3)C1)C2. The summed E-state index contributed by atoms with van der Waals surface area (Å²) in [5.74, 6) is 1.62. The molecule has 1 aromatic heterocycles. The molecule has 2 aromatic rings. The summed E-state index contributed by atoms with van der Waals surface area (Å²) in [6.45, 7) is -0.279. The molecule has 1 heterocycles. The zero-order chi connectivity index (χ0) is 18.4. The quantitative estimate of drug-likeness (QED) is 0.817. The summed E-state index contributed by atoms with van der Waals surface area (Å²) in [5.41, 5.74) is 1.44. The van der Waals surface area contributed by atoms with Gasteiger partial charge in [0.25, 0.3) is 5.91 Å². The molecule has 0 saturated heterocycles. The van der Waals surface area contributed by atoms with Crippen LogP contribution < -0.4 is 5.32 Å². The van der Waals surface area contributed by atoms with E-state index in [0.29, 0.717) is 0 Å². The molecule has 7 heteroatoms. The fourth-order valence-corrected chi connectivity index (χ4v) is 5.94. The average Bonchev–Trinajstić information content (AvgIpc) is 3.01. The van der Waals surface area contributed by atoms with Gasteiger partial charge in [0.05, 0.1) is 5.52 Å². The van der Waals surface area contributed by atoms with Gasteiger partial charge >= 0.3 is 5.97 Å². The molecule has 1 aromatic carbocycles. The van der Waals surface area contributed by atoms with E-state index in [1.165, 1.54) is 23.9 Å². The van der Waals surface area contributed by atoms with Crippen LogP contribution in [0.4, 0.5) is 0 Å². The number of ether oxygens (including phenoxy) is 1. The van der Waals surface area contributed by atoms with Crippen molar-refractivity contribution in [2.75, 3.05) is 6.61 Å². The normalized spacial score (nSPS) is 31.2. The Kier molecular flexibility index (Phi) is 3.91. The molecule has 4 aliphatic carbocycles. The van der Waals surface area contributed by atoms with E-state index in [2.05, 4.69) is 15.6 Å². The highest BCUT2D eigenvalue weighted by Gasteiger charge is 2.51. The van der Waals surface area contributed by atoms with Gasteiger partial charge in [0.2, 0.25) is 0 Å². The number of amides is 1. The van der Waals surface area contributed by atoms with Crippen molar-refractivity contribution in [2.45, 2.75) is 50.6 Å². The Hall–Kier alpha value is -2.44. The minimum Gasteiger partial charge on any atom is -0.454 e. The molecule has 0 atom stereocenters. The van der Waals surface area contributed by atoms with Crippen molar-refractivity contribution < 1.29 is 14.3 Å². The summed E-state index contributed by atoms with van der Waals surface area (Å²) in [4.78, 5) is 24.6. The average molecular weight is 368 g/mol. The largest absolute Gasteiger partial charge is 0.454 e. The van der Waals surface area contributed by atoms with E-state index < -0.39 is 5.97 Å². The summed E-state index contributed by atoms with van der Waals surface area (Å²) < 4.78 is 6.70. The van der Waals surface area contributed by atoms with Gasteiger partial charge in [-0.15, -0.1) is 5.10 Å². The van der Waals surface area contributed by atoms with Crippen molar-refractivity contribution >= 4 is 22.9 Å². The van der Waals surface area contributed by atoms with Gasteiger partial charge in [-0.05, 0) is 68.4 Å². The molecule has 0 unspecified atom stereocenters. The van der Waals surface area contributed by atoms with Crippen molar-refractivity contribution in [2.24, 2.45) is 17.8 Å². The van der Waals surface area contributed by atoms with Crippen LogP contribution in [0.2, 0.25) is 0 Å². The molecular formula is C20H24N4O3. The number of benzene rings is 1. The lowest BCUT2D eigenvalue weighted by atomic mass is 9.53. The predicted octanol–water partition coefficient (Wildman–Crippen LogP) is 2.06. The number of fused-ring (bicyclic) bond motifs is 1. The van der Waals surface area contributed by atoms with Crippen molar-refractivity contribution in [3.05, 3.63) is 24.3 Å². The van der Waals surface area contributed by atoms with E-state index in [4.69, 9.17) is 4.74 Å². The number of nitrogens with one attached hydrogen (secondary N) is 1. The van der Waals surface area contributed by atoms with E-state index in [1.807, 2.05) is 24.3 Å². The van der Waals surface area contributed by atoms with Crippen molar-refractivity contribution in [1.29, 1.82) is 0 Å². The molecule has 142 valence electrons. The zero-order valence-electron chi connectivity index (χ0n) is 15.3. The Morgan fingerprint density at radius 1 is 1.11 bits per heavy atom. The summed E-state index contributed by atoms with van der Waals surface area (Å²) >= 11 is 0. The molecular weight excluding hydrogens is 344 g/mol. The Morgan fingerprint density at radius 2 is 1.78 bits per heavy atom. The summed E-state index contributed by atoms with van der Waals surface area (Å²) in [6, 6.07) is 7.42. The van der Waals surface area contributed by atoms with Crippen LogP contribution in [-0.4, -0.2) is 39.0 Å². The molecule has 0 aliphatic heterocycles. The number of hydrogen-bond donors (Lipinski definition) is 1. The predicted molar refractivity (Wildman–Crippen MR) is 97.5 cm³/mol. The van der Waals surface area contributed by atoms with Crippen molar-refractivity contribution in [3.63, 3.8) is 0 Å². The van der Waals surface area contributed by atoms with Gasteiger partial charge in [0.15, 0.2) is 6.61 Å². The van der Waals surface area contributed by atoms with Crippen LogP contribution in [0.5, 0.6) is 0 Å². The standard InChI is InChI=1S/C20H24N4O3/c25-18(21-20-8-13-5-14(9-20)7-15(6-13)10-20)12-27-19(26)11-24-17-4-2-1-3-16(17)22-23-24/h1-4,13-15H,5-12H2,(H,21,25). The van der Waals surface area contributed by atoms with Gasteiger partial charge in [0, 0.05) is 5.54 Å². The lowest BCUT2D eigenvalue weighted by molar-refractivity contribution is -0.150. The van der Waals surface area contributed by atoms with E-state index in [1.54, 1.807) is 0 Å². The highest BCUT2D eigenvalue weighted by molar-refractivity contribution is 5.82. The minimum atomic E-state index is -0.480. The van der Waals surface area contributed by atoms with Crippen molar-refractivity contribution in [1.82, 2.24) is 20.3 Å². The molecule has 1 N–H and O–H groups in total. The molecule has 1 amide bonds. The lowest BCUT2D eigenvalue weighted by Gasteiger charge is -2.56. The topological polar surface area (TPSA) is 86.1 Å². The molecule has 4 saturated carbocycles. The van der Waals surface area contributed by atoms with E-state index in [-0.39, 0.29) is 24.6 Å². The maximum Gasteiger partial charge on any atom is 0.328 e. The van der Waals surface area contributed by atoms with Crippen LogP contribution in [0.15, 0.2) is 24.3 Å². The maximum absolute atomic E-state index is 12.4. The summed E-state index contributed by atoms with van der Waals surface area (Å²) in [5, 5.41) is 11.2. The van der Waals surface area contributed by atoms with Crippen LogP contribution >= 0.6 is 0 Å². The monoisotopic (exact) mass is 368 g/mol. The number of rotatable bonds is 5. The van der Waals surface area contributed by atoms with E-state index in [9.17, 15) is 9.59 Å². The number of carbonyl (C=O) groups is 2. The molecule has 4 fully saturated rings. The van der Waals surface area contributed by atoms with Gasteiger partial charge in [-0.25, -0.2) is 4.68 Å². The first kappa shape index (κ1) is 16.7. The fourth-order valence-electron chi connectivity index (χ4n) is 5.94. The highest BCUT2D eigenvalue weighted by Crippen LogP contribution is 2.55. The summed E-state index contributed by atoms with van der Waals surface area (Å²) in [6.07, 6.45) is 7.25. The lowest BCUT2D eigenvalue weighted by Crippen LogP contribution is -2.60. The number of nitrogens with zero attached hydrogens (tertiary/aromatic N) is 3. The zero-order valence-corrected chi connectivity index (χ0v) is 15.3. The van der Waals surface area contributed by atoms with E-state index >= 15 is 0 Å². The molecule has 27 heavy (non-hydrogen) atoms. The Bertz CT molecular complexity index is 855.